The van der Waals surface area contributed by atoms with Crippen LogP contribution in [0.15, 0.2) is 78.4 Å². The second-order valence-corrected chi connectivity index (χ2v) is 13.0. The second kappa shape index (κ2) is 11.3. The summed E-state index contributed by atoms with van der Waals surface area (Å²) in [6.07, 6.45) is 2.94. The Balaban J connectivity index is 1.34. The van der Waals surface area contributed by atoms with Crippen LogP contribution in [0.5, 0.6) is 23.0 Å². The summed E-state index contributed by atoms with van der Waals surface area (Å²) in [5.41, 5.74) is 1.36. The maximum Gasteiger partial charge on any atom is 0.241 e. The molecule has 0 radical (unpaired) electrons. The van der Waals surface area contributed by atoms with E-state index in [0.29, 0.717) is 35.6 Å². The van der Waals surface area contributed by atoms with Gasteiger partial charge in [-0.15, -0.1) is 0 Å². The van der Waals surface area contributed by atoms with Crippen LogP contribution in [0, 0.1) is 29.1 Å². The molecule has 0 unspecified atom stereocenters. The van der Waals surface area contributed by atoms with Crippen molar-refractivity contribution in [2.24, 2.45) is 29.1 Å². The molecular weight excluding hydrogens is 600 g/mol. The van der Waals surface area contributed by atoms with Gasteiger partial charge in [0.1, 0.15) is 23.0 Å². The maximum absolute atomic E-state index is 14.6. The van der Waals surface area contributed by atoms with E-state index >= 15 is 0 Å². The number of phenols is 2. The first-order valence-electron chi connectivity index (χ1n) is 15.8. The number of aromatic hydroxyl groups is 2. The maximum atomic E-state index is 14.6. The highest BCUT2D eigenvalue weighted by atomic mass is 16.5. The predicted octanol–water partition coefficient (Wildman–Crippen LogP) is 4.59. The number of carbonyl (C=O) groups excluding carboxylic acids is 4. The normalized spacial score (nSPS) is 28.1. The molecule has 2 N–H and O–H groups in total. The number of benzene rings is 3. The van der Waals surface area contributed by atoms with Crippen molar-refractivity contribution in [3.63, 3.8) is 0 Å². The molecule has 2 heterocycles. The Morgan fingerprint density at radius 1 is 0.830 bits per heavy atom. The fraction of sp³-hybridized carbons (Fsp3) is 0.351. The number of nitrogens with zero attached hydrogens (tertiary/aromatic N) is 2. The Morgan fingerprint density at radius 3 is 2.13 bits per heavy atom. The summed E-state index contributed by atoms with van der Waals surface area (Å²) in [5, 5.41) is 20.2. The molecule has 2 saturated heterocycles. The van der Waals surface area contributed by atoms with Crippen molar-refractivity contribution in [2.45, 2.75) is 32.1 Å². The fourth-order valence-electron chi connectivity index (χ4n) is 8.55. The highest BCUT2D eigenvalue weighted by molar-refractivity contribution is 6.24. The van der Waals surface area contributed by atoms with Gasteiger partial charge in [-0.3, -0.25) is 24.1 Å². The summed E-state index contributed by atoms with van der Waals surface area (Å²) in [6.45, 7) is 1.99. The molecule has 2 aliphatic heterocycles. The van der Waals surface area contributed by atoms with Crippen LogP contribution in [0.4, 0.5) is 5.69 Å². The number of para-hydroxylation sites is 1. The third-order valence-electron chi connectivity index (χ3n) is 10.8. The van der Waals surface area contributed by atoms with Gasteiger partial charge in [0.25, 0.3) is 0 Å². The van der Waals surface area contributed by atoms with Gasteiger partial charge in [-0.25, -0.2) is 4.90 Å². The molecule has 3 fully saturated rings. The molecule has 4 aliphatic rings. The first kappa shape index (κ1) is 30.5. The number of hydrogen-bond donors (Lipinski definition) is 2. The van der Waals surface area contributed by atoms with Gasteiger partial charge in [-0.05, 0) is 61.9 Å². The van der Waals surface area contributed by atoms with Gasteiger partial charge in [0.05, 0.1) is 43.1 Å². The first-order chi connectivity index (χ1) is 22.6. The zero-order chi connectivity index (χ0) is 33.2. The predicted molar refractivity (Wildman–Crippen MR) is 171 cm³/mol. The Kier molecular flexibility index (Phi) is 7.33. The van der Waals surface area contributed by atoms with Crippen molar-refractivity contribution in [1.29, 1.82) is 0 Å². The van der Waals surface area contributed by atoms with Crippen LogP contribution in [0.3, 0.4) is 0 Å². The number of ether oxygens (including phenoxy) is 2. The van der Waals surface area contributed by atoms with E-state index in [0.717, 1.165) is 11.1 Å². The molecule has 10 heteroatoms. The van der Waals surface area contributed by atoms with Crippen molar-refractivity contribution in [2.75, 3.05) is 25.7 Å². The molecule has 6 atom stereocenters. The third-order valence-corrected chi connectivity index (χ3v) is 10.8. The van der Waals surface area contributed by atoms with Crippen molar-refractivity contribution in [3.8, 4) is 23.0 Å². The second-order valence-electron chi connectivity index (χ2n) is 13.0. The molecular formula is C37H36N2O8. The van der Waals surface area contributed by atoms with Crippen LogP contribution in [0.1, 0.15) is 36.8 Å². The van der Waals surface area contributed by atoms with Crippen molar-refractivity contribution in [1.82, 2.24) is 4.90 Å². The molecule has 3 aromatic rings. The van der Waals surface area contributed by atoms with E-state index in [1.807, 2.05) is 12.1 Å². The van der Waals surface area contributed by atoms with E-state index in [4.69, 9.17) is 9.47 Å². The van der Waals surface area contributed by atoms with E-state index in [2.05, 4.69) is 0 Å². The average Bonchev–Trinajstić information content (AvgIpc) is 3.43. The highest BCUT2D eigenvalue weighted by Gasteiger charge is 2.68. The van der Waals surface area contributed by atoms with Crippen molar-refractivity contribution < 1.29 is 38.9 Å². The molecule has 3 aromatic carbocycles. The van der Waals surface area contributed by atoms with E-state index in [9.17, 15) is 29.4 Å². The molecule has 7 rings (SSSR count). The fourth-order valence-corrected chi connectivity index (χ4v) is 8.55. The Morgan fingerprint density at radius 2 is 1.49 bits per heavy atom. The molecule has 0 aromatic heterocycles. The quantitative estimate of drug-likeness (QED) is 0.284. The van der Waals surface area contributed by atoms with Crippen molar-refractivity contribution in [3.05, 3.63) is 89.5 Å². The highest BCUT2D eigenvalue weighted by Crippen LogP contribution is 2.65. The van der Waals surface area contributed by atoms with Crippen LogP contribution in [-0.2, 0) is 25.6 Å². The number of rotatable bonds is 7. The molecule has 242 valence electrons. The van der Waals surface area contributed by atoms with Crippen LogP contribution < -0.4 is 14.4 Å². The zero-order valence-corrected chi connectivity index (χ0v) is 26.4. The minimum atomic E-state index is -1.29. The summed E-state index contributed by atoms with van der Waals surface area (Å²) in [7, 11) is 2.93. The molecule has 2 aliphatic carbocycles. The number of hydrogen-bond acceptors (Lipinski definition) is 8. The number of imide groups is 2. The largest absolute Gasteiger partial charge is 0.508 e. The number of likely N-dealkylation sites (tertiary alicyclic amines) is 1. The van der Waals surface area contributed by atoms with Gasteiger partial charge in [-0.2, -0.15) is 0 Å². The Labute approximate surface area is 272 Å². The molecule has 1 saturated carbocycles. The van der Waals surface area contributed by atoms with Gasteiger partial charge in [-0.1, -0.05) is 42.0 Å². The Bertz CT molecular complexity index is 1790. The van der Waals surface area contributed by atoms with Gasteiger partial charge in [0, 0.05) is 30.2 Å². The zero-order valence-electron chi connectivity index (χ0n) is 26.4. The topological polar surface area (TPSA) is 134 Å². The lowest BCUT2D eigenvalue weighted by Gasteiger charge is -2.49. The number of amides is 4. The molecule has 47 heavy (non-hydrogen) atoms. The van der Waals surface area contributed by atoms with Crippen LogP contribution >= 0.6 is 0 Å². The minimum Gasteiger partial charge on any atom is -0.508 e. The van der Waals surface area contributed by atoms with E-state index in [1.54, 1.807) is 55.5 Å². The first-order valence-corrected chi connectivity index (χ1v) is 15.8. The molecule has 0 spiro atoms. The molecule has 0 bridgehead atoms. The summed E-state index contributed by atoms with van der Waals surface area (Å²) in [5.74, 6) is -3.95. The summed E-state index contributed by atoms with van der Waals surface area (Å²) in [6, 6.07) is 18.4. The number of methoxy groups -OCH3 is 2. The standard InChI is InChI=1S/C37H36N2O8/c1-37-27(34(43)39(36(37)45)21-7-5-4-6-8-21)19-26-24(32(37)31-28(46-2)17-23(41)18-29(31)47-3)13-14-25-30(26)35(44)38(33(25)42)16-15-20-9-11-22(40)12-10-20/h4-13,17-18,25-27,30,32,40-41H,14-16,19H2,1-3H3/t25-,26+,27-,30-,32+,37+/m0/s1. The van der Waals surface area contributed by atoms with Crippen LogP contribution in [0.25, 0.3) is 0 Å². The third kappa shape index (κ3) is 4.52. The van der Waals surface area contributed by atoms with Crippen LogP contribution in [0.2, 0.25) is 0 Å². The van der Waals surface area contributed by atoms with E-state index in [-0.39, 0.29) is 48.1 Å². The van der Waals surface area contributed by atoms with Gasteiger partial charge >= 0.3 is 0 Å². The molecule has 4 amide bonds. The summed E-state index contributed by atoms with van der Waals surface area (Å²) < 4.78 is 11.5. The van der Waals surface area contributed by atoms with Gasteiger partial charge < -0.3 is 19.7 Å². The monoisotopic (exact) mass is 636 g/mol. The SMILES string of the molecule is COc1cc(O)cc(OC)c1[C@H]1C2=CC[C@@H]3C(=O)N(CCc4ccc(O)cc4)C(=O)[C@@H]3[C@@H]2C[C@H]2C(=O)N(c3ccccc3)C(=O)[C@@]12C. The number of fused-ring (bicyclic) bond motifs is 4. The smallest absolute Gasteiger partial charge is 0.241 e. The number of phenolic OH excluding ortho intramolecular Hbond substituents is 2. The number of carbonyl (C=O) groups is 4. The average molecular weight is 637 g/mol. The van der Waals surface area contributed by atoms with Gasteiger partial charge in [0.2, 0.25) is 23.6 Å². The van der Waals surface area contributed by atoms with E-state index < -0.39 is 35.0 Å². The summed E-state index contributed by atoms with van der Waals surface area (Å²) in [4.78, 5) is 59.6. The number of anilines is 1. The lowest BCUT2D eigenvalue weighted by molar-refractivity contribution is -0.140. The Hall–Kier alpha value is -5.12. The van der Waals surface area contributed by atoms with E-state index in [1.165, 1.54) is 36.2 Å². The molecule has 10 nitrogen and oxygen atoms in total. The van der Waals surface area contributed by atoms with Crippen LogP contribution in [-0.4, -0.2) is 59.5 Å². The minimum absolute atomic E-state index is 0.0882. The lowest BCUT2D eigenvalue weighted by Crippen LogP contribution is -2.49. The van der Waals surface area contributed by atoms with Gasteiger partial charge in [0.15, 0.2) is 0 Å². The summed E-state index contributed by atoms with van der Waals surface area (Å²) >= 11 is 0. The lowest BCUT2D eigenvalue weighted by atomic mass is 9.51. The number of allylic oxidation sites excluding steroid dienone is 2. The van der Waals surface area contributed by atoms with Crippen molar-refractivity contribution >= 4 is 29.3 Å².